The summed E-state index contributed by atoms with van der Waals surface area (Å²) in [6.07, 6.45) is 43.1. The molecule has 0 bridgehead atoms. The maximum absolute atomic E-state index is 14.3. The third kappa shape index (κ3) is 41.4. The standard InChI is InChI=1S/C78H150O13/c1-11-21-31-35-39-43-47-51-65(52-48-44-40-36-32-22-12-2)61-69(79)87-63-67-71(81-55-25-15-5)73(83-57-27-17-7)75(85-59-29-19-9)77(89-67)91-78-76(86-60-30-20-10)74(84-58-28-18-8)72(82-56-26-16-6)68(90-78)64-88-70(80)62-66(53-49-45-41-37-33-23-13-3)54-50-46-42-38-34-24-14-4/h65-68,71-78H,11-64H2,1-10H3/t67?,68?,71-,72-,73+,74+,75?,76?,77-,78-/m1/s1. The van der Waals surface area contributed by atoms with Crippen molar-refractivity contribution in [1.82, 2.24) is 0 Å². The second kappa shape index (κ2) is 61.0. The molecule has 2 aliphatic heterocycles. The highest BCUT2D eigenvalue weighted by molar-refractivity contribution is 5.70. The summed E-state index contributed by atoms with van der Waals surface area (Å²) < 4.78 is 76.1. The number of rotatable bonds is 66. The molecule has 2 rings (SSSR count). The summed E-state index contributed by atoms with van der Waals surface area (Å²) in [6.45, 7) is 24.9. The largest absolute Gasteiger partial charge is 0.463 e. The van der Waals surface area contributed by atoms with Gasteiger partial charge < -0.3 is 52.1 Å². The molecule has 0 spiro atoms. The number of ether oxygens (including phenoxy) is 11. The Bertz CT molecular complexity index is 1440. The molecule has 2 saturated heterocycles. The molecule has 2 aliphatic rings. The average molecular weight is 1300 g/mol. The van der Waals surface area contributed by atoms with Gasteiger partial charge in [-0.2, -0.15) is 0 Å². The van der Waals surface area contributed by atoms with E-state index < -0.39 is 61.4 Å². The molecule has 0 aromatic rings. The molecule has 0 saturated carbocycles. The van der Waals surface area contributed by atoms with Gasteiger partial charge in [-0.15, -0.1) is 0 Å². The predicted octanol–water partition coefficient (Wildman–Crippen LogP) is 21.2. The molecule has 10 atom stereocenters. The molecule has 0 N–H and O–H groups in total. The minimum absolute atomic E-state index is 0.0259. The number of hydrogen-bond donors (Lipinski definition) is 0. The van der Waals surface area contributed by atoms with Crippen molar-refractivity contribution in [2.24, 2.45) is 11.8 Å². The van der Waals surface area contributed by atoms with Crippen LogP contribution in [0.4, 0.5) is 0 Å². The van der Waals surface area contributed by atoms with E-state index in [1.165, 1.54) is 154 Å². The van der Waals surface area contributed by atoms with Crippen LogP contribution in [0.5, 0.6) is 0 Å². The highest BCUT2D eigenvalue weighted by atomic mass is 16.8. The Kier molecular flexibility index (Phi) is 57.4. The lowest BCUT2D eigenvalue weighted by molar-refractivity contribution is -0.390. The first-order chi connectivity index (χ1) is 44.7. The predicted molar refractivity (Wildman–Crippen MR) is 375 cm³/mol. The first-order valence-electron chi connectivity index (χ1n) is 39.7. The molecule has 0 aromatic carbocycles. The third-order valence-corrected chi connectivity index (χ3v) is 18.9. The second-order valence-corrected chi connectivity index (χ2v) is 27.5. The lowest BCUT2D eigenvalue weighted by Crippen LogP contribution is -2.66. The van der Waals surface area contributed by atoms with Gasteiger partial charge in [-0.1, -0.05) is 288 Å². The summed E-state index contributed by atoms with van der Waals surface area (Å²) in [7, 11) is 0. The lowest BCUT2D eigenvalue weighted by atomic mass is 9.91. The zero-order chi connectivity index (χ0) is 66.0. The lowest BCUT2D eigenvalue weighted by Gasteiger charge is -2.49. The number of hydrogen-bond acceptors (Lipinski definition) is 13. The van der Waals surface area contributed by atoms with Crippen LogP contribution >= 0.6 is 0 Å². The molecule has 2 fully saturated rings. The molecular weight excluding hydrogens is 1140 g/mol. The van der Waals surface area contributed by atoms with Crippen LogP contribution in [-0.4, -0.2) is 126 Å². The third-order valence-electron chi connectivity index (χ3n) is 18.9. The van der Waals surface area contributed by atoms with Crippen molar-refractivity contribution in [3.05, 3.63) is 0 Å². The van der Waals surface area contributed by atoms with Gasteiger partial charge in [0.15, 0.2) is 12.6 Å². The highest BCUT2D eigenvalue weighted by Crippen LogP contribution is 2.37. The van der Waals surface area contributed by atoms with Gasteiger partial charge in [-0.25, -0.2) is 0 Å². The minimum Gasteiger partial charge on any atom is -0.463 e. The Morgan fingerprint density at radius 3 is 0.747 bits per heavy atom. The van der Waals surface area contributed by atoms with E-state index in [1.807, 2.05) is 0 Å². The van der Waals surface area contributed by atoms with Crippen molar-refractivity contribution in [3.8, 4) is 0 Å². The van der Waals surface area contributed by atoms with Crippen molar-refractivity contribution >= 4 is 11.9 Å². The Labute approximate surface area is 561 Å². The maximum Gasteiger partial charge on any atom is 0.306 e. The number of esters is 2. The van der Waals surface area contributed by atoms with E-state index in [9.17, 15) is 9.59 Å². The van der Waals surface area contributed by atoms with Gasteiger partial charge in [-0.3, -0.25) is 9.59 Å². The normalized spacial score (nSPS) is 22.0. The second-order valence-electron chi connectivity index (χ2n) is 27.5. The topological polar surface area (TPSA) is 136 Å². The van der Waals surface area contributed by atoms with Crippen molar-refractivity contribution < 1.29 is 61.7 Å². The summed E-state index contributed by atoms with van der Waals surface area (Å²) in [4.78, 5) is 28.7. The monoisotopic (exact) mass is 1300 g/mol. The summed E-state index contributed by atoms with van der Waals surface area (Å²) in [6, 6.07) is 0. The number of carbonyl (C=O) groups is 2. The van der Waals surface area contributed by atoms with Crippen molar-refractivity contribution in [2.45, 2.75) is 426 Å². The quantitative estimate of drug-likeness (QED) is 0.0423. The van der Waals surface area contributed by atoms with E-state index in [4.69, 9.17) is 52.1 Å². The van der Waals surface area contributed by atoms with E-state index in [0.29, 0.717) is 52.5 Å². The Morgan fingerprint density at radius 2 is 0.495 bits per heavy atom. The Balaban J connectivity index is 2.66. The van der Waals surface area contributed by atoms with Crippen LogP contribution in [0.3, 0.4) is 0 Å². The Hall–Kier alpha value is -1.42. The molecular formula is C78H150O13. The van der Waals surface area contributed by atoms with Gasteiger partial charge in [0.25, 0.3) is 0 Å². The number of carbonyl (C=O) groups excluding carboxylic acids is 2. The first-order valence-corrected chi connectivity index (χ1v) is 39.7. The van der Waals surface area contributed by atoms with Gasteiger partial charge in [0, 0.05) is 52.5 Å². The van der Waals surface area contributed by atoms with Crippen LogP contribution in [0.15, 0.2) is 0 Å². The van der Waals surface area contributed by atoms with Gasteiger partial charge in [0.05, 0.1) is 0 Å². The SMILES string of the molecule is CCCCCCCCCC(CCCCCCCCC)CC(=O)OCC1O[C@H](O[C@H]2OC(COC(=O)CC(CCCCCCCCC)CCCCCCCCC)[C@@H](OCCCC)[C@H](OCCCC)C2OCCCC)C(OCCCC)[C@@H](OCCCC)[C@@H]1OCCCC. The molecule has 13 nitrogen and oxygen atoms in total. The maximum atomic E-state index is 14.3. The molecule has 0 radical (unpaired) electrons. The van der Waals surface area contributed by atoms with Crippen LogP contribution in [0.2, 0.25) is 0 Å². The van der Waals surface area contributed by atoms with Crippen LogP contribution in [0.25, 0.3) is 0 Å². The smallest absolute Gasteiger partial charge is 0.306 e. The van der Waals surface area contributed by atoms with E-state index in [0.717, 1.165) is 128 Å². The average Bonchev–Trinajstić information content (AvgIpc) is 0.842. The first kappa shape index (κ1) is 85.7. The van der Waals surface area contributed by atoms with Crippen LogP contribution in [0, 0.1) is 11.8 Å². The molecule has 0 aliphatic carbocycles. The minimum atomic E-state index is -1.06. The fraction of sp³-hybridized carbons (Fsp3) is 0.974. The molecule has 0 amide bonds. The molecule has 0 aromatic heterocycles. The van der Waals surface area contributed by atoms with E-state index in [2.05, 4.69) is 69.2 Å². The summed E-state index contributed by atoms with van der Waals surface area (Å²) in [5.74, 6) is 0.146. The van der Waals surface area contributed by atoms with E-state index >= 15 is 0 Å². The fourth-order valence-electron chi connectivity index (χ4n) is 12.9. The Morgan fingerprint density at radius 1 is 0.275 bits per heavy atom. The zero-order valence-electron chi connectivity index (χ0n) is 61.4. The van der Waals surface area contributed by atoms with E-state index in [1.54, 1.807) is 0 Å². The van der Waals surface area contributed by atoms with Gasteiger partial charge in [0.2, 0.25) is 0 Å². The molecule has 91 heavy (non-hydrogen) atoms. The summed E-state index contributed by atoms with van der Waals surface area (Å²) >= 11 is 0. The van der Waals surface area contributed by atoms with E-state index in [-0.39, 0.29) is 37.0 Å². The van der Waals surface area contributed by atoms with Crippen LogP contribution in [-0.2, 0) is 61.7 Å². The zero-order valence-corrected chi connectivity index (χ0v) is 61.4. The van der Waals surface area contributed by atoms with Gasteiger partial charge in [0.1, 0.15) is 62.0 Å². The van der Waals surface area contributed by atoms with Crippen LogP contribution < -0.4 is 0 Å². The van der Waals surface area contributed by atoms with Gasteiger partial charge in [-0.05, 0) is 76.0 Å². The van der Waals surface area contributed by atoms with Crippen molar-refractivity contribution in [2.75, 3.05) is 52.9 Å². The van der Waals surface area contributed by atoms with Crippen LogP contribution in [0.1, 0.15) is 365 Å². The molecule has 2 heterocycles. The molecule has 4 unspecified atom stereocenters. The van der Waals surface area contributed by atoms with Gasteiger partial charge >= 0.3 is 11.9 Å². The van der Waals surface area contributed by atoms with Crippen molar-refractivity contribution in [3.63, 3.8) is 0 Å². The fourth-order valence-corrected chi connectivity index (χ4v) is 12.9. The highest BCUT2D eigenvalue weighted by Gasteiger charge is 2.54. The summed E-state index contributed by atoms with van der Waals surface area (Å²) in [5.41, 5.74) is 0. The number of unbranched alkanes of at least 4 members (excludes halogenated alkanes) is 30. The van der Waals surface area contributed by atoms with Crippen molar-refractivity contribution in [1.29, 1.82) is 0 Å². The summed E-state index contributed by atoms with van der Waals surface area (Å²) in [5, 5.41) is 0. The molecule has 540 valence electrons. The molecule has 13 heteroatoms.